The number of nitrogens with one attached hydrogen (secondary N) is 2. The summed E-state index contributed by atoms with van der Waals surface area (Å²) in [5, 5.41) is 10.9. The molecule has 0 saturated heterocycles. The smallest absolute Gasteiger partial charge is 0.373 e. The van der Waals surface area contributed by atoms with Crippen LogP contribution < -0.4 is 14.5 Å². The van der Waals surface area contributed by atoms with Gasteiger partial charge in [0.2, 0.25) is 20.9 Å². The average Bonchev–Trinajstić information content (AvgIpc) is 3.55. The topological polar surface area (TPSA) is 152 Å². The molecule has 1 aliphatic carbocycles. The minimum atomic E-state index is -3.70. The standard InChI is InChI=1S/C19H19FN6O5S2/c1-2-31-16-9-21-7-13(24-16)15-8-23-18(32-15)19(27)26(28)10-14-17(20)12(5-6-22-14)25-33(29,30)11-3-4-11/h5-9,11,26H,2-4,10H2,1H3,(H,22,25). The van der Waals surface area contributed by atoms with E-state index in [0.29, 0.717) is 35.9 Å². The van der Waals surface area contributed by atoms with Crippen molar-refractivity contribution >= 4 is 33.0 Å². The molecule has 1 atom stereocenters. The molecule has 1 fully saturated rings. The quantitative estimate of drug-likeness (QED) is 0.417. The van der Waals surface area contributed by atoms with Crippen LogP contribution in [-0.4, -0.2) is 46.1 Å². The molecule has 0 aliphatic heterocycles. The third-order valence-corrected chi connectivity index (χ3v) is 7.49. The summed E-state index contributed by atoms with van der Waals surface area (Å²) in [6.07, 6.45) is 6.51. The molecule has 33 heavy (non-hydrogen) atoms. The Kier molecular flexibility index (Phi) is 6.60. The molecule has 174 valence electrons. The van der Waals surface area contributed by atoms with Crippen molar-refractivity contribution in [2.24, 2.45) is 0 Å². The maximum absolute atomic E-state index is 14.7. The number of rotatable bonds is 9. The highest BCUT2D eigenvalue weighted by Crippen LogP contribution is 2.30. The van der Waals surface area contributed by atoms with Gasteiger partial charge in [-0.15, -0.1) is 11.3 Å². The first kappa shape index (κ1) is 23.1. The van der Waals surface area contributed by atoms with E-state index in [4.69, 9.17) is 4.74 Å². The van der Waals surface area contributed by atoms with Gasteiger partial charge in [-0.3, -0.25) is 19.8 Å². The van der Waals surface area contributed by atoms with Crippen LogP contribution in [-0.2, 0) is 16.6 Å². The van der Waals surface area contributed by atoms with Gasteiger partial charge in [-0.2, -0.15) is 0 Å². The average molecular weight is 495 g/mol. The van der Waals surface area contributed by atoms with E-state index in [1.165, 1.54) is 24.8 Å². The summed E-state index contributed by atoms with van der Waals surface area (Å²) >= 11 is 0.940. The van der Waals surface area contributed by atoms with Crippen LogP contribution in [0.1, 0.15) is 35.3 Å². The van der Waals surface area contributed by atoms with E-state index in [1.54, 1.807) is 6.92 Å². The number of quaternary nitrogens is 1. The summed E-state index contributed by atoms with van der Waals surface area (Å²) in [7, 11) is -3.70. The lowest BCUT2D eigenvalue weighted by Crippen LogP contribution is -3.08. The second-order valence-electron chi connectivity index (χ2n) is 7.10. The number of nitrogens with zero attached hydrogens (tertiary/aromatic N) is 4. The number of hydrogen-bond donors (Lipinski definition) is 2. The third kappa shape index (κ3) is 5.30. The number of thiazole rings is 1. The number of amides is 1. The number of hydrogen-bond acceptors (Lipinski definition) is 10. The number of pyridine rings is 1. The van der Waals surface area contributed by atoms with Crippen LogP contribution in [0.15, 0.2) is 30.9 Å². The molecule has 1 aliphatic rings. The lowest BCUT2D eigenvalue weighted by molar-refractivity contribution is -0.773. The minimum absolute atomic E-state index is 0.0930. The highest BCUT2D eigenvalue weighted by Gasteiger charge is 2.36. The summed E-state index contributed by atoms with van der Waals surface area (Å²) in [4.78, 5) is 29.1. The Morgan fingerprint density at radius 1 is 1.33 bits per heavy atom. The minimum Gasteiger partial charge on any atom is -0.626 e. The van der Waals surface area contributed by atoms with E-state index >= 15 is 0 Å². The van der Waals surface area contributed by atoms with Crippen molar-refractivity contribution in [2.75, 3.05) is 11.3 Å². The molecule has 0 aromatic carbocycles. The molecular formula is C19H19FN6O5S2. The number of anilines is 1. The van der Waals surface area contributed by atoms with Gasteiger partial charge in [0.15, 0.2) is 5.82 Å². The van der Waals surface area contributed by atoms with Gasteiger partial charge < -0.3 is 9.94 Å². The SMILES string of the molecule is CCOc1cncc(-c2cnc(C(=O)[NH+]([O-])Cc3nccc(NS(=O)(=O)C4CC4)c3F)s2)n1. The third-order valence-electron chi connectivity index (χ3n) is 4.62. The molecule has 4 rings (SSSR count). The lowest BCUT2D eigenvalue weighted by atomic mass is 10.3. The van der Waals surface area contributed by atoms with Crippen molar-refractivity contribution in [3.05, 3.63) is 52.6 Å². The second-order valence-corrected chi connectivity index (χ2v) is 10.1. The largest absolute Gasteiger partial charge is 0.626 e. The van der Waals surface area contributed by atoms with Gasteiger partial charge in [0.1, 0.15) is 17.9 Å². The van der Waals surface area contributed by atoms with E-state index in [9.17, 15) is 22.8 Å². The number of ether oxygens (including phenoxy) is 1. The number of carbonyl (C=O) groups excluding carboxylic acids is 1. The van der Waals surface area contributed by atoms with E-state index in [-0.39, 0.29) is 16.4 Å². The molecule has 3 aromatic heterocycles. The maximum Gasteiger partial charge on any atom is 0.373 e. The highest BCUT2D eigenvalue weighted by atomic mass is 32.2. The Balaban J connectivity index is 1.47. The maximum atomic E-state index is 14.7. The Hall–Kier alpha value is -3.07. The lowest BCUT2D eigenvalue weighted by Gasteiger charge is -2.18. The fourth-order valence-corrected chi connectivity index (χ4v) is 5.05. The van der Waals surface area contributed by atoms with Gasteiger partial charge in [0.25, 0.3) is 0 Å². The number of carbonyl (C=O) groups is 1. The molecule has 2 N–H and O–H groups in total. The Morgan fingerprint density at radius 2 is 2.12 bits per heavy atom. The molecule has 0 radical (unpaired) electrons. The van der Waals surface area contributed by atoms with Crippen LogP contribution in [0.4, 0.5) is 10.1 Å². The second kappa shape index (κ2) is 9.43. The van der Waals surface area contributed by atoms with Crippen molar-refractivity contribution in [1.82, 2.24) is 19.9 Å². The van der Waals surface area contributed by atoms with E-state index in [1.807, 2.05) is 0 Å². The van der Waals surface area contributed by atoms with Crippen LogP contribution in [0.2, 0.25) is 0 Å². The number of aromatic nitrogens is 4. The van der Waals surface area contributed by atoms with Gasteiger partial charge in [-0.25, -0.2) is 27.6 Å². The first-order valence-corrected chi connectivity index (χ1v) is 12.3. The van der Waals surface area contributed by atoms with Crippen molar-refractivity contribution in [1.29, 1.82) is 0 Å². The fraction of sp³-hybridized carbons (Fsp3) is 0.316. The Morgan fingerprint density at radius 3 is 2.85 bits per heavy atom. The van der Waals surface area contributed by atoms with Crippen LogP contribution in [0, 0.1) is 11.0 Å². The van der Waals surface area contributed by atoms with E-state index in [2.05, 4.69) is 24.7 Å². The van der Waals surface area contributed by atoms with Gasteiger partial charge >= 0.3 is 5.91 Å². The van der Waals surface area contributed by atoms with E-state index < -0.39 is 38.6 Å². The summed E-state index contributed by atoms with van der Waals surface area (Å²) < 4.78 is 46.4. The Bertz CT molecular complexity index is 1280. The molecule has 14 heteroatoms. The van der Waals surface area contributed by atoms with Crippen LogP contribution in [0.5, 0.6) is 5.88 Å². The van der Waals surface area contributed by atoms with Crippen LogP contribution in [0.3, 0.4) is 0 Å². The number of halogens is 1. The van der Waals surface area contributed by atoms with Crippen LogP contribution in [0.25, 0.3) is 10.6 Å². The predicted octanol–water partition coefficient (Wildman–Crippen LogP) is 1.16. The van der Waals surface area contributed by atoms with Gasteiger partial charge in [-0.1, -0.05) is 0 Å². The summed E-state index contributed by atoms with van der Waals surface area (Å²) in [6.45, 7) is 1.57. The zero-order valence-electron chi connectivity index (χ0n) is 17.3. The summed E-state index contributed by atoms with van der Waals surface area (Å²) in [5.41, 5.74) is -0.221. The zero-order chi connectivity index (χ0) is 23.6. The van der Waals surface area contributed by atoms with Crippen LogP contribution >= 0.6 is 11.3 Å². The van der Waals surface area contributed by atoms with Crippen molar-refractivity contribution in [3.63, 3.8) is 0 Å². The highest BCUT2D eigenvalue weighted by molar-refractivity contribution is 7.93. The molecule has 0 spiro atoms. The first-order valence-electron chi connectivity index (χ1n) is 9.92. The molecule has 1 amide bonds. The van der Waals surface area contributed by atoms with Gasteiger partial charge in [0.05, 0.1) is 34.8 Å². The zero-order valence-corrected chi connectivity index (χ0v) is 19.0. The van der Waals surface area contributed by atoms with Crippen molar-refractivity contribution in [2.45, 2.75) is 31.6 Å². The normalized spacial score (nSPS) is 14.6. The number of hydroxylamine groups is 2. The molecule has 0 bridgehead atoms. The van der Waals surface area contributed by atoms with Crippen molar-refractivity contribution in [3.8, 4) is 16.5 Å². The molecule has 1 unspecified atom stereocenters. The molecule has 3 heterocycles. The fourth-order valence-electron chi connectivity index (χ4n) is 2.84. The molecule has 1 saturated carbocycles. The first-order chi connectivity index (χ1) is 15.8. The molecule has 3 aromatic rings. The Labute approximate surface area is 192 Å². The summed E-state index contributed by atoms with van der Waals surface area (Å²) in [6, 6.07) is 1.16. The van der Waals surface area contributed by atoms with Crippen molar-refractivity contribution < 1.29 is 27.4 Å². The molecule has 11 nitrogen and oxygen atoms in total. The monoisotopic (exact) mass is 494 g/mol. The molecular weight excluding hydrogens is 475 g/mol. The van der Waals surface area contributed by atoms with E-state index in [0.717, 1.165) is 17.4 Å². The predicted molar refractivity (Wildman–Crippen MR) is 116 cm³/mol. The van der Waals surface area contributed by atoms with Gasteiger partial charge in [0, 0.05) is 12.4 Å². The van der Waals surface area contributed by atoms with Gasteiger partial charge in [-0.05, 0) is 25.8 Å². The summed E-state index contributed by atoms with van der Waals surface area (Å²) in [5.74, 6) is -1.60. The number of sulfonamides is 1.